The Kier molecular flexibility index (Phi) is 9.51. The number of allylic oxidation sites excluding steroid dienone is 2. The Balaban J connectivity index is 1.66. The van der Waals surface area contributed by atoms with Crippen molar-refractivity contribution in [2.45, 2.75) is 57.9 Å². The lowest BCUT2D eigenvalue weighted by molar-refractivity contribution is -0.129. The largest absolute Gasteiger partial charge is 0.488 e. The smallest absolute Gasteiger partial charge is 0.250 e. The molecule has 0 bridgehead atoms. The second-order valence-corrected chi connectivity index (χ2v) is 8.56. The van der Waals surface area contributed by atoms with E-state index in [0.29, 0.717) is 24.3 Å². The number of unbranched alkanes of at least 4 members (excludes halogenated alkanes) is 2. The minimum atomic E-state index is -0.398. The number of fused-ring (bicyclic) bond motifs is 1. The average Bonchev–Trinajstić information content (AvgIpc) is 2.85. The highest BCUT2D eigenvalue weighted by molar-refractivity contribution is 5.94. The van der Waals surface area contributed by atoms with E-state index in [2.05, 4.69) is 24.4 Å². The van der Waals surface area contributed by atoms with E-state index in [9.17, 15) is 9.59 Å². The van der Waals surface area contributed by atoms with Gasteiger partial charge in [0.05, 0.1) is 5.57 Å². The van der Waals surface area contributed by atoms with Gasteiger partial charge in [-0.1, -0.05) is 54.6 Å². The van der Waals surface area contributed by atoms with Gasteiger partial charge < -0.3 is 10.1 Å². The van der Waals surface area contributed by atoms with Crippen molar-refractivity contribution in [2.75, 3.05) is 6.61 Å². The maximum Gasteiger partial charge on any atom is 0.250 e. The SMILES string of the molecule is CC(NC(=O)/C(=C/CCCCC(=O)NO)COc1cccc2ccccc12)C1C=CCCC1. The number of nitrogens with one attached hydrogen (secondary N) is 2. The minimum absolute atomic E-state index is 0.0447. The molecule has 2 amide bonds. The molecular formula is C27H34N2O4. The molecule has 0 spiro atoms. The quantitative estimate of drug-likeness (QED) is 0.147. The third-order valence-electron chi connectivity index (χ3n) is 6.09. The van der Waals surface area contributed by atoms with Crippen molar-refractivity contribution >= 4 is 22.6 Å². The van der Waals surface area contributed by atoms with Crippen LogP contribution in [0.1, 0.15) is 51.9 Å². The van der Waals surface area contributed by atoms with Crippen LogP contribution in [-0.2, 0) is 9.59 Å². The highest BCUT2D eigenvalue weighted by Crippen LogP contribution is 2.26. The molecule has 1 aliphatic rings. The number of amides is 2. The molecule has 6 nitrogen and oxygen atoms in total. The summed E-state index contributed by atoms with van der Waals surface area (Å²) in [5, 5.41) is 13.9. The zero-order chi connectivity index (χ0) is 23.5. The summed E-state index contributed by atoms with van der Waals surface area (Å²) >= 11 is 0. The number of carbonyl (C=O) groups is 2. The molecule has 0 saturated heterocycles. The predicted molar refractivity (Wildman–Crippen MR) is 130 cm³/mol. The minimum Gasteiger partial charge on any atom is -0.488 e. The molecule has 1 aliphatic carbocycles. The van der Waals surface area contributed by atoms with Gasteiger partial charge in [0.25, 0.3) is 5.91 Å². The number of hydrogen-bond acceptors (Lipinski definition) is 4. The van der Waals surface area contributed by atoms with E-state index >= 15 is 0 Å². The summed E-state index contributed by atoms with van der Waals surface area (Å²) in [5.41, 5.74) is 2.23. The molecule has 0 saturated carbocycles. The van der Waals surface area contributed by atoms with Crippen LogP contribution in [0.25, 0.3) is 10.8 Å². The van der Waals surface area contributed by atoms with E-state index in [1.807, 2.05) is 48.5 Å². The summed E-state index contributed by atoms with van der Waals surface area (Å²) in [5.74, 6) is 0.579. The highest BCUT2D eigenvalue weighted by Gasteiger charge is 2.20. The van der Waals surface area contributed by atoms with Gasteiger partial charge >= 0.3 is 0 Å². The fourth-order valence-electron chi connectivity index (χ4n) is 4.12. The number of benzene rings is 2. The van der Waals surface area contributed by atoms with Crippen molar-refractivity contribution in [3.05, 3.63) is 66.3 Å². The predicted octanol–water partition coefficient (Wildman–Crippen LogP) is 5.07. The van der Waals surface area contributed by atoms with Gasteiger partial charge in [-0.3, -0.25) is 14.8 Å². The molecule has 6 heteroatoms. The Morgan fingerprint density at radius 2 is 2.00 bits per heavy atom. The molecule has 2 unspecified atom stereocenters. The summed E-state index contributed by atoms with van der Waals surface area (Å²) in [4.78, 5) is 24.3. The summed E-state index contributed by atoms with van der Waals surface area (Å²) in [6, 6.07) is 14.0. The molecule has 2 aromatic rings. The Morgan fingerprint density at radius 1 is 1.18 bits per heavy atom. The first kappa shape index (κ1) is 24.5. The zero-order valence-electron chi connectivity index (χ0n) is 19.3. The van der Waals surface area contributed by atoms with Gasteiger partial charge in [0.15, 0.2) is 0 Å². The van der Waals surface area contributed by atoms with Gasteiger partial charge in [0, 0.05) is 17.8 Å². The van der Waals surface area contributed by atoms with Crippen molar-refractivity contribution in [1.82, 2.24) is 10.8 Å². The van der Waals surface area contributed by atoms with Crippen molar-refractivity contribution in [2.24, 2.45) is 5.92 Å². The topological polar surface area (TPSA) is 87.7 Å². The van der Waals surface area contributed by atoms with Gasteiger partial charge in [0.1, 0.15) is 12.4 Å². The number of ether oxygens (including phenoxy) is 1. The van der Waals surface area contributed by atoms with Crippen LogP contribution >= 0.6 is 0 Å². The van der Waals surface area contributed by atoms with Gasteiger partial charge in [-0.05, 0) is 62.8 Å². The van der Waals surface area contributed by atoms with Gasteiger partial charge in [-0.2, -0.15) is 0 Å². The third kappa shape index (κ3) is 7.46. The first-order chi connectivity index (χ1) is 16.1. The molecule has 0 heterocycles. The summed E-state index contributed by atoms with van der Waals surface area (Å²) < 4.78 is 6.10. The summed E-state index contributed by atoms with van der Waals surface area (Å²) in [6.07, 6.45) is 11.9. The molecule has 0 fully saturated rings. The fourth-order valence-corrected chi connectivity index (χ4v) is 4.12. The summed E-state index contributed by atoms with van der Waals surface area (Å²) in [7, 11) is 0. The van der Waals surface area contributed by atoms with Gasteiger partial charge in [-0.25, -0.2) is 5.48 Å². The fraction of sp³-hybridized carbons (Fsp3) is 0.407. The second-order valence-electron chi connectivity index (χ2n) is 8.56. The molecule has 3 rings (SSSR count). The average molecular weight is 451 g/mol. The Hall–Kier alpha value is -3.12. The summed E-state index contributed by atoms with van der Waals surface area (Å²) in [6.45, 7) is 2.22. The van der Waals surface area contributed by atoms with E-state index in [1.54, 1.807) is 5.48 Å². The standard InChI is InChI=1S/C27H34N2O4/c1-20(21-11-4-2-5-12-21)28-27(31)23(14-6-3-7-18-26(30)29-32)19-33-25-17-10-15-22-13-8-9-16-24(22)25/h4,8-11,13-17,20-21,32H,2-3,5-7,12,18-19H2,1H3,(H,28,31)(H,29,30)/b23-14+. The first-order valence-electron chi connectivity index (χ1n) is 11.8. The highest BCUT2D eigenvalue weighted by atomic mass is 16.5. The maximum atomic E-state index is 13.1. The van der Waals surface area contributed by atoms with Crippen molar-refractivity contribution in [3.63, 3.8) is 0 Å². The normalized spacial score (nSPS) is 16.9. The van der Waals surface area contributed by atoms with Gasteiger partial charge in [-0.15, -0.1) is 0 Å². The molecule has 0 aliphatic heterocycles. The van der Waals surface area contributed by atoms with Crippen LogP contribution in [0.5, 0.6) is 5.75 Å². The molecule has 0 radical (unpaired) electrons. The van der Waals surface area contributed by atoms with E-state index in [4.69, 9.17) is 9.94 Å². The molecule has 0 aromatic heterocycles. The molecule has 33 heavy (non-hydrogen) atoms. The molecule has 176 valence electrons. The van der Waals surface area contributed by atoms with Crippen LogP contribution in [0.15, 0.2) is 66.3 Å². The van der Waals surface area contributed by atoms with Crippen LogP contribution < -0.4 is 15.5 Å². The van der Waals surface area contributed by atoms with E-state index in [0.717, 1.165) is 42.2 Å². The Labute approximate surface area is 195 Å². The van der Waals surface area contributed by atoms with E-state index in [1.165, 1.54) is 0 Å². The molecule has 2 aromatic carbocycles. The number of hydrogen-bond donors (Lipinski definition) is 3. The van der Waals surface area contributed by atoms with Crippen LogP contribution in [0.4, 0.5) is 0 Å². The van der Waals surface area contributed by atoms with Crippen molar-refractivity contribution in [3.8, 4) is 5.75 Å². The van der Waals surface area contributed by atoms with E-state index in [-0.39, 0.29) is 25.0 Å². The monoisotopic (exact) mass is 450 g/mol. The number of rotatable bonds is 11. The third-order valence-corrected chi connectivity index (χ3v) is 6.09. The lowest BCUT2D eigenvalue weighted by Crippen LogP contribution is -2.39. The lowest BCUT2D eigenvalue weighted by Gasteiger charge is -2.25. The molecule has 2 atom stereocenters. The first-order valence-corrected chi connectivity index (χ1v) is 11.8. The van der Waals surface area contributed by atoms with Crippen molar-refractivity contribution < 1.29 is 19.5 Å². The van der Waals surface area contributed by atoms with Crippen LogP contribution in [0.2, 0.25) is 0 Å². The number of carbonyl (C=O) groups excluding carboxylic acids is 2. The molecular weight excluding hydrogens is 416 g/mol. The lowest BCUT2D eigenvalue weighted by atomic mass is 9.90. The number of hydroxylamine groups is 1. The van der Waals surface area contributed by atoms with Crippen LogP contribution in [0, 0.1) is 5.92 Å². The zero-order valence-corrected chi connectivity index (χ0v) is 19.3. The maximum absolute atomic E-state index is 13.1. The van der Waals surface area contributed by atoms with E-state index < -0.39 is 5.91 Å². The van der Waals surface area contributed by atoms with Crippen molar-refractivity contribution in [1.29, 1.82) is 0 Å². The van der Waals surface area contributed by atoms with Crippen LogP contribution in [0.3, 0.4) is 0 Å². The Bertz CT molecular complexity index is 993. The second kappa shape index (κ2) is 12.8. The molecule has 3 N–H and O–H groups in total. The van der Waals surface area contributed by atoms with Gasteiger partial charge in [0.2, 0.25) is 5.91 Å². The Morgan fingerprint density at radius 3 is 2.79 bits per heavy atom. The van der Waals surface area contributed by atoms with Crippen LogP contribution in [-0.4, -0.2) is 29.7 Å².